The van der Waals surface area contributed by atoms with E-state index in [-0.39, 0.29) is 0 Å². The number of para-hydroxylation sites is 1. The first kappa shape index (κ1) is 17.9. The molecule has 4 rings (SSSR count). The predicted octanol–water partition coefficient (Wildman–Crippen LogP) is 6.39. The molecule has 3 nitrogen and oxygen atoms in total. The van der Waals surface area contributed by atoms with E-state index in [1.165, 1.54) is 0 Å². The molecular weight excluding hydrogens is 391 g/mol. The lowest BCUT2D eigenvalue weighted by Gasteiger charge is -2.20. The van der Waals surface area contributed by atoms with Crippen LogP contribution in [0.15, 0.2) is 48.5 Å². The van der Waals surface area contributed by atoms with Crippen LogP contribution in [0.4, 0.5) is 0 Å². The standard InChI is InChI=1S/C20H17Cl3N2O/c21-15-6-4-14(5-7-15)19-12-18(13-8-10-26-11-9-13)24-25(19)20-16(22)2-1-3-17(20)23/h1-7,12-13H,8-11H2. The van der Waals surface area contributed by atoms with Gasteiger partial charge in [0.1, 0.15) is 5.69 Å². The second kappa shape index (κ2) is 7.61. The van der Waals surface area contributed by atoms with E-state index in [1.807, 2.05) is 47.1 Å². The molecule has 1 fully saturated rings. The Kier molecular flexibility index (Phi) is 5.23. The van der Waals surface area contributed by atoms with Crippen LogP contribution in [0.5, 0.6) is 0 Å². The number of hydrogen-bond acceptors (Lipinski definition) is 2. The first-order valence-corrected chi connectivity index (χ1v) is 9.65. The molecule has 0 N–H and O–H groups in total. The second-order valence-corrected chi connectivity index (χ2v) is 7.58. The quantitative estimate of drug-likeness (QED) is 0.502. The largest absolute Gasteiger partial charge is 0.381 e. The van der Waals surface area contributed by atoms with Crippen LogP contribution >= 0.6 is 34.8 Å². The van der Waals surface area contributed by atoms with Gasteiger partial charge in [0.05, 0.1) is 21.4 Å². The van der Waals surface area contributed by atoms with Crippen LogP contribution in [-0.2, 0) is 4.74 Å². The lowest BCUT2D eigenvalue weighted by atomic mass is 9.96. The van der Waals surface area contributed by atoms with Crippen molar-refractivity contribution in [3.05, 3.63) is 69.3 Å². The summed E-state index contributed by atoms with van der Waals surface area (Å²) in [6.07, 6.45) is 1.93. The Bertz CT molecular complexity index is 895. The van der Waals surface area contributed by atoms with Crippen molar-refractivity contribution in [1.29, 1.82) is 0 Å². The number of hydrogen-bond donors (Lipinski definition) is 0. The third-order valence-electron chi connectivity index (χ3n) is 4.66. The molecule has 0 amide bonds. The summed E-state index contributed by atoms with van der Waals surface area (Å²) < 4.78 is 7.33. The number of ether oxygens (including phenoxy) is 1. The molecule has 1 aromatic heterocycles. The van der Waals surface area contributed by atoms with E-state index in [9.17, 15) is 0 Å². The van der Waals surface area contributed by atoms with Gasteiger partial charge in [0.25, 0.3) is 0 Å². The molecule has 6 heteroatoms. The summed E-state index contributed by atoms with van der Waals surface area (Å²) in [5.74, 6) is 0.373. The summed E-state index contributed by atoms with van der Waals surface area (Å²) in [6.45, 7) is 1.53. The van der Waals surface area contributed by atoms with E-state index in [1.54, 1.807) is 0 Å². The Morgan fingerprint density at radius 2 is 1.58 bits per heavy atom. The van der Waals surface area contributed by atoms with Gasteiger partial charge in [-0.25, -0.2) is 4.68 Å². The molecule has 26 heavy (non-hydrogen) atoms. The highest BCUT2D eigenvalue weighted by Gasteiger charge is 2.23. The number of rotatable bonds is 3. The Morgan fingerprint density at radius 3 is 2.23 bits per heavy atom. The minimum atomic E-state index is 0.373. The number of benzene rings is 2. The van der Waals surface area contributed by atoms with Crippen LogP contribution in [0.25, 0.3) is 16.9 Å². The monoisotopic (exact) mass is 406 g/mol. The van der Waals surface area contributed by atoms with Crippen molar-refractivity contribution >= 4 is 34.8 Å². The van der Waals surface area contributed by atoms with Crippen molar-refractivity contribution in [3.8, 4) is 16.9 Å². The Labute approximate surface area is 167 Å². The van der Waals surface area contributed by atoms with E-state index < -0.39 is 0 Å². The van der Waals surface area contributed by atoms with Gasteiger partial charge < -0.3 is 4.74 Å². The van der Waals surface area contributed by atoms with E-state index in [0.717, 1.165) is 43.0 Å². The Balaban J connectivity index is 1.87. The molecule has 0 atom stereocenters. The molecule has 0 unspecified atom stereocenters. The summed E-state index contributed by atoms with van der Waals surface area (Å²) in [6, 6.07) is 15.3. The van der Waals surface area contributed by atoms with Crippen LogP contribution in [-0.4, -0.2) is 23.0 Å². The summed E-state index contributed by atoms with van der Waals surface area (Å²) in [7, 11) is 0. The molecule has 0 radical (unpaired) electrons. The maximum atomic E-state index is 6.46. The molecule has 2 heterocycles. The fourth-order valence-corrected chi connectivity index (χ4v) is 3.96. The van der Waals surface area contributed by atoms with Gasteiger partial charge in [-0.2, -0.15) is 5.10 Å². The van der Waals surface area contributed by atoms with Crippen LogP contribution in [0.2, 0.25) is 15.1 Å². The molecule has 0 aliphatic carbocycles. The minimum Gasteiger partial charge on any atom is -0.381 e. The maximum Gasteiger partial charge on any atom is 0.102 e. The molecular formula is C20H17Cl3N2O. The highest BCUT2D eigenvalue weighted by atomic mass is 35.5. The van der Waals surface area contributed by atoms with Crippen LogP contribution < -0.4 is 0 Å². The van der Waals surface area contributed by atoms with Gasteiger partial charge in [-0.15, -0.1) is 0 Å². The third-order valence-corrected chi connectivity index (χ3v) is 5.52. The third kappa shape index (κ3) is 3.49. The normalized spacial score (nSPS) is 15.3. The van der Waals surface area contributed by atoms with Gasteiger partial charge in [-0.3, -0.25) is 0 Å². The fraction of sp³-hybridized carbons (Fsp3) is 0.250. The summed E-state index contributed by atoms with van der Waals surface area (Å²) in [5.41, 5.74) is 3.68. The SMILES string of the molecule is Clc1ccc(-c2cc(C3CCOCC3)nn2-c2c(Cl)cccc2Cl)cc1. The van der Waals surface area contributed by atoms with E-state index >= 15 is 0 Å². The topological polar surface area (TPSA) is 27.1 Å². The number of nitrogens with zero attached hydrogens (tertiary/aromatic N) is 2. The lowest BCUT2D eigenvalue weighted by molar-refractivity contribution is 0.0844. The summed E-state index contributed by atoms with van der Waals surface area (Å²) >= 11 is 19.0. The van der Waals surface area contributed by atoms with Crippen molar-refractivity contribution in [1.82, 2.24) is 9.78 Å². The first-order valence-electron chi connectivity index (χ1n) is 8.51. The fourth-order valence-electron chi connectivity index (χ4n) is 3.28. The molecule has 0 bridgehead atoms. The van der Waals surface area contributed by atoms with Crippen LogP contribution in [0.1, 0.15) is 24.5 Å². The second-order valence-electron chi connectivity index (χ2n) is 6.33. The van der Waals surface area contributed by atoms with Crippen molar-refractivity contribution in [2.75, 3.05) is 13.2 Å². The Morgan fingerprint density at radius 1 is 0.923 bits per heavy atom. The molecule has 134 valence electrons. The first-order chi connectivity index (χ1) is 12.6. The van der Waals surface area contributed by atoms with Crippen molar-refractivity contribution in [3.63, 3.8) is 0 Å². The molecule has 0 saturated carbocycles. The smallest absolute Gasteiger partial charge is 0.102 e. The van der Waals surface area contributed by atoms with E-state index in [0.29, 0.717) is 26.7 Å². The lowest BCUT2D eigenvalue weighted by Crippen LogP contribution is -2.14. The van der Waals surface area contributed by atoms with E-state index in [4.69, 9.17) is 44.6 Å². The van der Waals surface area contributed by atoms with Gasteiger partial charge in [0, 0.05) is 29.7 Å². The molecule has 2 aromatic carbocycles. The van der Waals surface area contributed by atoms with Gasteiger partial charge in [-0.1, -0.05) is 53.0 Å². The Hall–Kier alpha value is -1.52. The van der Waals surface area contributed by atoms with Crippen molar-refractivity contribution in [2.45, 2.75) is 18.8 Å². The zero-order chi connectivity index (χ0) is 18.1. The summed E-state index contributed by atoms with van der Waals surface area (Å²) in [4.78, 5) is 0. The highest BCUT2D eigenvalue weighted by Crippen LogP contribution is 2.36. The van der Waals surface area contributed by atoms with E-state index in [2.05, 4.69) is 6.07 Å². The number of halogens is 3. The van der Waals surface area contributed by atoms with Gasteiger partial charge >= 0.3 is 0 Å². The molecule has 1 saturated heterocycles. The number of aromatic nitrogens is 2. The zero-order valence-electron chi connectivity index (χ0n) is 14.0. The predicted molar refractivity (Wildman–Crippen MR) is 107 cm³/mol. The average molecular weight is 408 g/mol. The average Bonchev–Trinajstić information content (AvgIpc) is 3.08. The van der Waals surface area contributed by atoms with Crippen molar-refractivity contribution in [2.24, 2.45) is 0 Å². The minimum absolute atomic E-state index is 0.373. The highest BCUT2D eigenvalue weighted by molar-refractivity contribution is 6.37. The summed E-state index contributed by atoms with van der Waals surface area (Å²) in [5, 5.41) is 6.71. The van der Waals surface area contributed by atoms with Gasteiger partial charge in [-0.05, 0) is 43.2 Å². The van der Waals surface area contributed by atoms with Gasteiger partial charge in [0.2, 0.25) is 0 Å². The zero-order valence-corrected chi connectivity index (χ0v) is 16.2. The van der Waals surface area contributed by atoms with Crippen LogP contribution in [0, 0.1) is 0 Å². The molecule has 0 spiro atoms. The van der Waals surface area contributed by atoms with Crippen molar-refractivity contribution < 1.29 is 4.74 Å². The maximum absolute atomic E-state index is 6.46. The molecule has 3 aromatic rings. The van der Waals surface area contributed by atoms with Crippen LogP contribution in [0.3, 0.4) is 0 Å². The molecule has 1 aliphatic heterocycles. The molecule has 1 aliphatic rings. The van der Waals surface area contributed by atoms with Gasteiger partial charge in [0.15, 0.2) is 0 Å².